The van der Waals surface area contributed by atoms with Gasteiger partial charge in [-0.1, -0.05) is 23.6 Å². The standard InChI is InChI=1S/C12H7O.C2H4O2.Li/c1-3-7-11-9(5-1)10-6-2-4-8-12(10)13-11;1-2(3)4;/h1-7H;1H3,(H,3,4);/q-1;;+1. The van der Waals surface area contributed by atoms with Crippen LogP contribution in [0.4, 0.5) is 0 Å². The van der Waals surface area contributed by atoms with Crippen molar-refractivity contribution in [3.05, 3.63) is 48.5 Å². The molecule has 0 aliphatic rings. The van der Waals surface area contributed by atoms with Crippen molar-refractivity contribution in [2.24, 2.45) is 0 Å². The predicted molar refractivity (Wildman–Crippen MR) is 65.9 cm³/mol. The molecule has 0 saturated heterocycles. The molecule has 3 rings (SSSR count). The third kappa shape index (κ3) is 3.16. The van der Waals surface area contributed by atoms with Crippen molar-refractivity contribution >= 4 is 27.9 Å². The molecule has 1 heterocycles. The molecular formula is C14H11LiO3. The van der Waals surface area contributed by atoms with Crippen LogP contribution in [0.25, 0.3) is 21.9 Å². The molecule has 0 saturated carbocycles. The van der Waals surface area contributed by atoms with Gasteiger partial charge in [-0.3, -0.25) is 4.79 Å². The van der Waals surface area contributed by atoms with Gasteiger partial charge in [0, 0.05) is 12.5 Å². The summed E-state index contributed by atoms with van der Waals surface area (Å²) in [6.07, 6.45) is 0. The smallest absolute Gasteiger partial charge is 0.483 e. The van der Waals surface area contributed by atoms with Crippen LogP contribution in [-0.4, -0.2) is 11.1 Å². The molecule has 0 amide bonds. The molecule has 0 aliphatic carbocycles. The van der Waals surface area contributed by atoms with Crippen molar-refractivity contribution in [3.63, 3.8) is 0 Å². The number of fused-ring (bicyclic) bond motifs is 3. The van der Waals surface area contributed by atoms with Crippen LogP contribution in [0.15, 0.2) is 46.9 Å². The van der Waals surface area contributed by atoms with E-state index in [-0.39, 0.29) is 18.9 Å². The first-order valence-corrected chi connectivity index (χ1v) is 5.16. The van der Waals surface area contributed by atoms with Crippen LogP contribution in [0.5, 0.6) is 0 Å². The van der Waals surface area contributed by atoms with Gasteiger partial charge in [0.1, 0.15) is 5.58 Å². The summed E-state index contributed by atoms with van der Waals surface area (Å²) in [5.41, 5.74) is 1.77. The summed E-state index contributed by atoms with van der Waals surface area (Å²) < 4.78 is 5.60. The fourth-order valence-corrected chi connectivity index (χ4v) is 1.61. The molecule has 1 aromatic heterocycles. The van der Waals surface area contributed by atoms with E-state index in [2.05, 4.69) is 18.2 Å². The monoisotopic (exact) mass is 234 g/mol. The van der Waals surface area contributed by atoms with Crippen molar-refractivity contribution < 1.29 is 33.2 Å². The summed E-state index contributed by atoms with van der Waals surface area (Å²) >= 11 is 0. The molecule has 4 heteroatoms. The summed E-state index contributed by atoms with van der Waals surface area (Å²) in [5, 5.41) is 9.72. The number of para-hydroxylation sites is 2. The minimum atomic E-state index is -0.833. The molecule has 0 aliphatic heterocycles. The molecule has 86 valence electrons. The van der Waals surface area contributed by atoms with E-state index in [9.17, 15) is 0 Å². The molecule has 2 aromatic carbocycles. The summed E-state index contributed by atoms with van der Waals surface area (Å²) in [5.74, 6) is -0.833. The molecule has 0 bridgehead atoms. The van der Waals surface area contributed by atoms with Gasteiger partial charge in [-0.2, -0.15) is 18.2 Å². The van der Waals surface area contributed by atoms with Crippen molar-refractivity contribution in [1.82, 2.24) is 0 Å². The van der Waals surface area contributed by atoms with Gasteiger partial charge in [0.15, 0.2) is 0 Å². The number of benzene rings is 2. The van der Waals surface area contributed by atoms with Gasteiger partial charge in [0.2, 0.25) is 0 Å². The minimum Gasteiger partial charge on any atom is -0.483 e. The molecule has 0 atom stereocenters. The number of hydrogen-bond acceptors (Lipinski definition) is 2. The van der Waals surface area contributed by atoms with E-state index in [1.165, 1.54) is 0 Å². The molecule has 3 aromatic rings. The number of carbonyl (C=O) groups is 1. The predicted octanol–water partition coefficient (Wildman–Crippen LogP) is 0.481. The first kappa shape index (κ1) is 14.4. The maximum absolute atomic E-state index is 9.00. The molecule has 1 N–H and O–H groups in total. The van der Waals surface area contributed by atoms with Crippen LogP contribution < -0.4 is 18.9 Å². The van der Waals surface area contributed by atoms with E-state index in [0.29, 0.717) is 0 Å². The minimum absolute atomic E-state index is 0. The largest absolute Gasteiger partial charge is 1.00 e. The van der Waals surface area contributed by atoms with Gasteiger partial charge >= 0.3 is 18.9 Å². The van der Waals surface area contributed by atoms with E-state index in [1.54, 1.807) is 0 Å². The van der Waals surface area contributed by atoms with Crippen LogP contribution in [-0.2, 0) is 4.79 Å². The zero-order chi connectivity index (χ0) is 12.3. The van der Waals surface area contributed by atoms with E-state index < -0.39 is 5.97 Å². The normalized spacial score (nSPS) is 9.39. The van der Waals surface area contributed by atoms with Crippen molar-refractivity contribution in [1.29, 1.82) is 0 Å². The summed E-state index contributed by atoms with van der Waals surface area (Å²) in [6.45, 7) is 1.08. The zero-order valence-electron chi connectivity index (χ0n) is 10.3. The van der Waals surface area contributed by atoms with Crippen molar-refractivity contribution in [3.8, 4) is 0 Å². The Bertz CT molecular complexity index is 604. The number of aliphatic carboxylic acids is 1. The van der Waals surface area contributed by atoms with Gasteiger partial charge in [-0.05, 0) is 11.5 Å². The Morgan fingerprint density at radius 2 is 1.78 bits per heavy atom. The zero-order valence-corrected chi connectivity index (χ0v) is 10.3. The van der Waals surface area contributed by atoms with Gasteiger partial charge in [-0.15, -0.1) is 6.07 Å². The number of furan rings is 1. The first-order chi connectivity index (χ1) is 8.18. The van der Waals surface area contributed by atoms with Crippen LogP contribution in [0.1, 0.15) is 6.92 Å². The Morgan fingerprint density at radius 3 is 2.50 bits per heavy atom. The van der Waals surface area contributed by atoms with Crippen LogP contribution >= 0.6 is 0 Å². The SMILES string of the molecule is CC(=O)O.[Li+].[c-]1cccc2c1oc1ccccc12. The maximum Gasteiger partial charge on any atom is 1.00 e. The van der Waals surface area contributed by atoms with Gasteiger partial charge in [0.25, 0.3) is 5.97 Å². The number of carboxylic acid groups (broad SMARTS) is 1. The molecule has 3 nitrogen and oxygen atoms in total. The van der Waals surface area contributed by atoms with E-state index in [1.807, 2.05) is 30.3 Å². The quantitative estimate of drug-likeness (QED) is 0.454. The number of carboxylic acids is 1. The molecule has 18 heavy (non-hydrogen) atoms. The topological polar surface area (TPSA) is 50.4 Å². The van der Waals surface area contributed by atoms with Gasteiger partial charge < -0.3 is 9.52 Å². The second-order valence-electron chi connectivity index (χ2n) is 3.53. The number of rotatable bonds is 0. The van der Waals surface area contributed by atoms with E-state index >= 15 is 0 Å². The number of hydrogen-bond donors (Lipinski definition) is 1. The fraction of sp³-hybridized carbons (Fsp3) is 0.0714. The Morgan fingerprint density at radius 1 is 1.17 bits per heavy atom. The Balaban J connectivity index is 0.000000289. The van der Waals surface area contributed by atoms with Gasteiger partial charge in [-0.25, -0.2) is 0 Å². The third-order valence-corrected chi connectivity index (χ3v) is 2.21. The molecule has 0 spiro atoms. The third-order valence-electron chi connectivity index (χ3n) is 2.21. The van der Waals surface area contributed by atoms with Crippen LogP contribution in [0, 0.1) is 6.07 Å². The second kappa shape index (κ2) is 6.30. The average Bonchev–Trinajstić information content (AvgIpc) is 2.66. The van der Waals surface area contributed by atoms with Crippen LogP contribution in [0.2, 0.25) is 0 Å². The average molecular weight is 234 g/mol. The van der Waals surface area contributed by atoms with Crippen molar-refractivity contribution in [2.45, 2.75) is 6.92 Å². The summed E-state index contributed by atoms with van der Waals surface area (Å²) in [4.78, 5) is 9.00. The van der Waals surface area contributed by atoms with Crippen molar-refractivity contribution in [2.75, 3.05) is 0 Å². The Hall–Kier alpha value is -1.69. The molecule has 0 fully saturated rings. The summed E-state index contributed by atoms with van der Waals surface area (Å²) in [7, 11) is 0. The Labute approximate surface area is 117 Å². The molecule has 0 unspecified atom stereocenters. The van der Waals surface area contributed by atoms with Crippen LogP contribution in [0.3, 0.4) is 0 Å². The Kier molecular flexibility index (Phi) is 5.03. The summed E-state index contributed by atoms with van der Waals surface area (Å²) in [6, 6.07) is 17.0. The fourth-order valence-electron chi connectivity index (χ4n) is 1.61. The first-order valence-electron chi connectivity index (χ1n) is 5.16. The second-order valence-corrected chi connectivity index (χ2v) is 3.53. The van der Waals surface area contributed by atoms with Gasteiger partial charge in [0.05, 0.1) is 0 Å². The van der Waals surface area contributed by atoms with E-state index in [0.717, 1.165) is 28.9 Å². The van der Waals surface area contributed by atoms with E-state index in [4.69, 9.17) is 14.3 Å². The maximum atomic E-state index is 9.00. The molecule has 0 radical (unpaired) electrons. The molecular weight excluding hydrogens is 223 g/mol.